The summed E-state index contributed by atoms with van der Waals surface area (Å²) in [5.74, 6) is -0.0317. The third-order valence-electron chi connectivity index (χ3n) is 3.99. The highest BCUT2D eigenvalue weighted by Gasteiger charge is 2.18. The van der Waals surface area contributed by atoms with Crippen LogP contribution in [0.4, 0.5) is 5.69 Å². The van der Waals surface area contributed by atoms with E-state index in [9.17, 15) is 19.7 Å². The van der Waals surface area contributed by atoms with Crippen LogP contribution in [0.25, 0.3) is 0 Å². The Morgan fingerprint density at radius 1 is 1.21 bits per heavy atom. The minimum atomic E-state index is -0.597. The zero-order valence-electron chi connectivity index (χ0n) is 16.1. The van der Waals surface area contributed by atoms with E-state index in [1.807, 2.05) is 0 Å². The number of hydrogen-bond donors (Lipinski definition) is 2. The molecule has 0 spiro atoms. The first-order chi connectivity index (χ1) is 13.9. The number of hydrogen-bond acceptors (Lipinski definition) is 7. The summed E-state index contributed by atoms with van der Waals surface area (Å²) in [6, 6.07) is 9.26. The van der Waals surface area contributed by atoms with Gasteiger partial charge in [-0.25, -0.2) is 5.43 Å². The fourth-order valence-electron chi connectivity index (χ4n) is 2.48. The molecule has 0 heterocycles. The van der Waals surface area contributed by atoms with E-state index in [1.54, 1.807) is 18.2 Å². The summed E-state index contributed by atoms with van der Waals surface area (Å²) < 4.78 is 10.3. The summed E-state index contributed by atoms with van der Waals surface area (Å²) in [6.45, 7) is 1.12. The molecule has 0 saturated heterocycles. The Labute approximate surface area is 166 Å². The predicted molar refractivity (Wildman–Crippen MR) is 105 cm³/mol. The van der Waals surface area contributed by atoms with E-state index in [-0.39, 0.29) is 23.4 Å². The van der Waals surface area contributed by atoms with Crippen molar-refractivity contribution in [2.45, 2.75) is 6.92 Å². The number of ether oxygens (including phenoxy) is 2. The van der Waals surface area contributed by atoms with Crippen LogP contribution >= 0.6 is 0 Å². The minimum Gasteiger partial charge on any atom is -0.497 e. The van der Waals surface area contributed by atoms with Gasteiger partial charge in [0.25, 0.3) is 17.5 Å². The molecule has 0 unspecified atom stereocenters. The highest BCUT2D eigenvalue weighted by molar-refractivity contribution is 5.98. The fraction of sp³-hybridized carbons (Fsp3) is 0.211. The molecule has 2 rings (SSSR count). The summed E-state index contributed by atoms with van der Waals surface area (Å²) in [7, 11) is 3.03. The molecule has 10 heteroatoms. The Morgan fingerprint density at radius 3 is 2.62 bits per heavy atom. The van der Waals surface area contributed by atoms with Crippen molar-refractivity contribution in [3.63, 3.8) is 0 Å². The lowest BCUT2D eigenvalue weighted by Crippen LogP contribution is -2.35. The van der Waals surface area contributed by atoms with Crippen LogP contribution in [0.15, 0.2) is 41.5 Å². The van der Waals surface area contributed by atoms with Gasteiger partial charge in [-0.05, 0) is 31.2 Å². The number of nitrogens with one attached hydrogen (secondary N) is 2. The molecule has 0 saturated carbocycles. The smallest absolute Gasteiger partial charge is 0.273 e. The normalized spacial score (nSPS) is 10.4. The van der Waals surface area contributed by atoms with Gasteiger partial charge in [-0.2, -0.15) is 5.10 Å². The van der Waals surface area contributed by atoms with E-state index >= 15 is 0 Å². The molecule has 2 aromatic carbocycles. The van der Waals surface area contributed by atoms with Crippen LogP contribution in [0.3, 0.4) is 0 Å². The van der Waals surface area contributed by atoms with Crippen LogP contribution < -0.4 is 20.2 Å². The van der Waals surface area contributed by atoms with Crippen molar-refractivity contribution in [2.75, 3.05) is 20.8 Å². The summed E-state index contributed by atoms with van der Waals surface area (Å²) in [5, 5.41) is 17.2. The van der Waals surface area contributed by atoms with E-state index in [0.717, 1.165) is 0 Å². The molecule has 152 valence electrons. The number of rotatable bonds is 8. The maximum Gasteiger partial charge on any atom is 0.273 e. The predicted octanol–water partition coefficient (Wildman–Crippen LogP) is 1.80. The summed E-state index contributed by atoms with van der Waals surface area (Å²) in [5.41, 5.74) is 3.04. The average Bonchev–Trinajstić information content (AvgIpc) is 2.71. The number of amides is 2. The highest BCUT2D eigenvalue weighted by Crippen LogP contribution is 2.22. The van der Waals surface area contributed by atoms with Crippen LogP contribution in [0.5, 0.6) is 11.5 Å². The standard InChI is InChI=1S/C19H20N4O6/c1-12-15(5-4-6-16(12)23(26)27)19(25)20-11-18(24)22-21-10-13-9-14(28-2)7-8-17(13)29-3/h4-10H,11H2,1-3H3,(H,20,25)(H,22,24)/b21-10+. The first-order valence-corrected chi connectivity index (χ1v) is 8.43. The zero-order chi connectivity index (χ0) is 21.4. The quantitative estimate of drug-likeness (QED) is 0.394. The SMILES string of the molecule is COc1ccc(OC)c(/C=N/NC(=O)CNC(=O)c2cccc([N+](=O)[O-])c2C)c1. The van der Waals surface area contributed by atoms with Crippen molar-refractivity contribution < 1.29 is 24.0 Å². The molecule has 0 aliphatic carbocycles. The van der Waals surface area contributed by atoms with Crippen LogP contribution in [0, 0.1) is 17.0 Å². The zero-order valence-corrected chi connectivity index (χ0v) is 16.1. The molecule has 0 radical (unpaired) electrons. The third kappa shape index (κ3) is 5.51. The van der Waals surface area contributed by atoms with Gasteiger partial charge in [-0.3, -0.25) is 19.7 Å². The molecule has 2 N–H and O–H groups in total. The average molecular weight is 400 g/mol. The fourth-order valence-corrected chi connectivity index (χ4v) is 2.48. The van der Waals surface area contributed by atoms with Crippen molar-refractivity contribution in [3.8, 4) is 11.5 Å². The maximum absolute atomic E-state index is 12.2. The summed E-state index contributed by atoms with van der Waals surface area (Å²) >= 11 is 0. The Balaban J connectivity index is 1.96. The van der Waals surface area contributed by atoms with E-state index in [1.165, 1.54) is 45.6 Å². The Morgan fingerprint density at radius 2 is 1.97 bits per heavy atom. The number of nitro groups is 1. The van der Waals surface area contributed by atoms with Gasteiger partial charge in [0.2, 0.25) is 0 Å². The molecule has 0 atom stereocenters. The van der Waals surface area contributed by atoms with Gasteiger partial charge < -0.3 is 14.8 Å². The van der Waals surface area contributed by atoms with E-state index in [0.29, 0.717) is 17.1 Å². The topological polar surface area (TPSA) is 132 Å². The van der Waals surface area contributed by atoms with Gasteiger partial charge in [0.1, 0.15) is 11.5 Å². The molecule has 0 aromatic heterocycles. The number of carbonyl (C=O) groups is 2. The van der Waals surface area contributed by atoms with Crippen molar-refractivity contribution in [1.29, 1.82) is 0 Å². The molecule has 2 aromatic rings. The molecule has 10 nitrogen and oxygen atoms in total. The van der Waals surface area contributed by atoms with Gasteiger partial charge >= 0.3 is 0 Å². The number of carbonyl (C=O) groups excluding carboxylic acids is 2. The number of methoxy groups -OCH3 is 2. The molecule has 0 fully saturated rings. The second kappa shape index (κ2) is 9.83. The van der Waals surface area contributed by atoms with Gasteiger partial charge in [0.05, 0.1) is 31.9 Å². The molecule has 0 bridgehead atoms. The van der Waals surface area contributed by atoms with E-state index in [4.69, 9.17) is 9.47 Å². The van der Waals surface area contributed by atoms with Crippen LogP contribution in [0.2, 0.25) is 0 Å². The van der Waals surface area contributed by atoms with Gasteiger partial charge in [-0.15, -0.1) is 0 Å². The molecule has 0 aliphatic rings. The molecular formula is C19H20N4O6. The van der Waals surface area contributed by atoms with E-state index in [2.05, 4.69) is 15.8 Å². The third-order valence-corrected chi connectivity index (χ3v) is 3.99. The van der Waals surface area contributed by atoms with Crippen molar-refractivity contribution >= 4 is 23.7 Å². The Kier molecular flexibility index (Phi) is 7.24. The van der Waals surface area contributed by atoms with Crippen molar-refractivity contribution in [3.05, 3.63) is 63.2 Å². The largest absolute Gasteiger partial charge is 0.497 e. The van der Waals surface area contributed by atoms with Gasteiger partial charge in [0, 0.05) is 22.8 Å². The van der Waals surface area contributed by atoms with Crippen molar-refractivity contribution in [1.82, 2.24) is 10.7 Å². The lowest BCUT2D eigenvalue weighted by Gasteiger charge is -2.08. The van der Waals surface area contributed by atoms with Gasteiger partial charge in [-0.1, -0.05) is 6.07 Å². The minimum absolute atomic E-state index is 0.122. The van der Waals surface area contributed by atoms with E-state index < -0.39 is 16.7 Å². The first kappa shape index (κ1) is 21.4. The second-order valence-corrected chi connectivity index (χ2v) is 5.79. The maximum atomic E-state index is 12.2. The number of nitrogens with zero attached hydrogens (tertiary/aromatic N) is 2. The highest BCUT2D eigenvalue weighted by atomic mass is 16.6. The monoisotopic (exact) mass is 400 g/mol. The van der Waals surface area contributed by atoms with Crippen molar-refractivity contribution in [2.24, 2.45) is 5.10 Å². The van der Waals surface area contributed by atoms with Crippen LogP contribution in [0.1, 0.15) is 21.5 Å². The van der Waals surface area contributed by atoms with Gasteiger partial charge in [0.15, 0.2) is 0 Å². The van der Waals surface area contributed by atoms with Crippen LogP contribution in [-0.2, 0) is 4.79 Å². The first-order valence-electron chi connectivity index (χ1n) is 8.43. The number of nitro benzene ring substituents is 1. The Hall–Kier alpha value is -3.95. The second-order valence-electron chi connectivity index (χ2n) is 5.79. The Bertz CT molecular complexity index is 958. The molecule has 2 amide bonds. The number of benzene rings is 2. The lowest BCUT2D eigenvalue weighted by molar-refractivity contribution is -0.385. The lowest BCUT2D eigenvalue weighted by atomic mass is 10.1. The molecule has 29 heavy (non-hydrogen) atoms. The van der Waals surface area contributed by atoms with Crippen LogP contribution in [-0.4, -0.2) is 43.7 Å². The molecule has 0 aliphatic heterocycles. The summed E-state index contributed by atoms with van der Waals surface area (Å²) in [4.78, 5) is 34.5. The number of hydrazone groups is 1. The summed E-state index contributed by atoms with van der Waals surface area (Å²) in [6.07, 6.45) is 1.38. The molecular weight excluding hydrogens is 380 g/mol.